The van der Waals surface area contributed by atoms with Gasteiger partial charge in [-0.05, 0) is 47.0 Å². The molecule has 1 atom stereocenters. The average Bonchev–Trinajstić information content (AvgIpc) is 2.29. The molecule has 2 N–H and O–H groups in total. The maximum atomic E-state index is 9.38. The smallest absolute Gasteiger partial charge is 0.100 e. The minimum atomic E-state index is -0.241. The van der Waals surface area contributed by atoms with E-state index in [1.807, 2.05) is 19.1 Å². The summed E-state index contributed by atoms with van der Waals surface area (Å²) >= 11 is 3.33. The number of hydrogen-bond donors (Lipinski definition) is 2. The Bertz CT molecular complexity index is 387. The van der Waals surface area contributed by atoms with Crippen LogP contribution in [0.5, 0.6) is 0 Å². The number of halogens is 1. The van der Waals surface area contributed by atoms with Gasteiger partial charge in [0, 0.05) is 16.7 Å². The fourth-order valence-electron chi connectivity index (χ4n) is 1.30. The first kappa shape index (κ1) is 13.0. The summed E-state index contributed by atoms with van der Waals surface area (Å²) in [4.78, 5) is 0. The molecule has 0 aromatic heterocycles. The zero-order chi connectivity index (χ0) is 12.0. The van der Waals surface area contributed by atoms with E-state index in [1.165, 1.54) is 0 Å². The molecule has 1 aromatic carbocycles. The fourth-order valence-corrected chi connectivity index (χ4v) is 1.77. The van der Waals surface area contributed by atoms with Gasteiger partial charge in [-0.3, -0.25) is 0 Å². The van der Waals surface area contributed by atoms with Gasteiger partial charge in [0.15, 0.2) is 0 Å². The molecule has 1 aromatic rings. The second-order valence-corrected chi connectivity index (χ2v) is 4.44. The summed E-state index contributed by atoms with van der Waals surface area (Å²) in [7, 11) is 0. The summed E-state index contributed by atoms with van der Waals surface area (Å²) in [5.41, 5.74) is 1.58. The Labute approximate surface area is 104 Å². The van der Waals surface area contributed by atoms with E-state index in [9.17, 15) is 5.11 Å². The van der Waals surface area contributed by atoms with Crippen molar-refractivity contribution in [3.63, 3.8) is 0 Å². The molecule has 0 aliphatic heterocycles. The highest BCUT2D eigenvalue weighted by atomic mass is 79.9. The molecular formula is C12H15BrN2O. The van der Waals surface area contributed by atoms with E-state index < -0.39 is 0 Å². The Morgan fingerprint density at radius 1 is 1.56 bits per heavy atom. The second kappa shape index (κ2) is 6.51. The number of nitrogens with one attached hydrogen (secondary N) is 1. The van der Waals surface area contributed by atoms with Gasteiger partial charge < -0.3 is 10.4 Å². The van der Waals surface area contributed by atoms with Crippen molar-refractivity contribution in [2.75, 3.05) is 11.9 Å². The van der Waals surface area contributed by atoms with Crippen molar-refractivity contribution in [3.8, 4) is 6.07 Å². The van der Waals surface area contributed by atoms with E-state index >= 15 is 0 Å². The first-order valence-corrected chi connectivity index (χ1v) is 6.08. The normalized spacial score (nSPS) is 11.9. The molecule has 3 nitrogen and oxygen atoms in total. The van der Waals surface area contributed by atoms with Crippen LogP contribution in [0.25, 0.3) is 0 Å². The topological polar surface area (TPSA) is 56.0 Å². The van der Waals surface area contributed by atoms with Gasteiger partial charge >= 0.3 is 0 Å². The molecule has 0 aliphatic rings. The van der Waals surface area contributed by atoms with Crippen LogP contribution in [-0.4, -0.2) is 17.8 Å². The third-order valence-corrected chi connectivity index (χ3v) is 3.02. The van der Waals surface area contributed by atoms with Gasteiger partial charge in [-0.2, -0.15) is 5.26 Å². The summed E-state index contributed by atoms with van der Waals surface area (Å²) in [5.74, 6) is 0. The zero-order valence-electron chi connectivity index (χ0n) is 9.20. The van der Waals surface area contributed by atoms with Gasteiger partial charge in [-0.25, -0.2) is 0 Å². The number of hydrogen-bond acceptors (Lipinski definition) is 3. The lowest BCUT2D eigenvalue weighted by atomic mass is 10.2. The Morgan fingerprint density at radius 3 is 2.88 bits per heavy atom. The molecule has 86 valence electrons. The minimum Gasteiger partial charge on any atom is -0.393 e. The third kappa shape index (κ3) is 3.84. The summed E-state index contributed by atoms with van der Waals surface area (Å²) in [6.45, 7) is 2.69. The summed E-state index contributed by atoms with van der Waals surface area (Å²) in [6.07, 6.45) is 1.27. The number of benzene rings is 1. The molecule has 0 fully saturated rings. The maximum absolute atomic E-state index is 9.38. The van der Waals surface area contributed by atoms with Crippen molar-refractivity contribution in [2.45, 2.75) is 25.9 Å². The highest BCUT2D eigenvalue weighted by Gasteiger charge is 2.02. The molecule has 0 aliphatic carbocycles. The quantitative estimate of drug-likeness (QED) is 0.873. The Morgan fingerprint density at radius 2 is 2.31 bits per heavy atom. The number of nitriles is 1. The average molecular weight is 283 g/mol. The number of anilines is 1. The number of aliphatic hydroxyl groups is 1. The molecule has 0 saturated carbocycles. The van der Waals surface area contributed by atoms with Gasteiger partial charge in [0.2, 0.25) is 0 Å². The molecule has 0 bridgehead atoms. The molecule has 16 heavy (non-hydrogen) atoms. The van der Waals surface area contributed by atoms with Gasteiger partial charge in [0.05, 0.1) is 11.7 Å². The van der Waals surface area contributed by atoms with E-state index in [2.05, 4.69) is 27.3 Å². The lowest BCUT2D eigenvalue weighted by Crippen LogP contribution is -2.12. The molecule has 0 spiro atoms. The van der Waals surface area contributed by atoms with Crippen molar-refractivity contribution >= 4 is 21.6 Å². The molecule has 1 unspecified atom stereocenters. The second-order valence-electron chi connectivity index (χ2n) is 3.58. The molecule has 0 heterocycles. The lowest BCUT2D eigenvalue weighted by molar-refractivity contribution is 0.164. The van der Waals surface area contributed by atoms with E-state index in [0.29, 0.717) is 5.56 Å². The molecule has 0 amide bonds. The van der Waals surface area contributed by atoms with Crippen molar-refractivity contribution in [1.82, 2.24) is 0 Å². The SMILES string of the molecule is CCC(O)CCNc1ccc(C#N)c(Br)c1. The van der Waals surface area contributed by atoms with Crippen LogP contribution in [0.1, 0.15) is 25.3 Å². The van der Waals surface area contributed by atoms with Crippen LogP contribution < -0.4 is 5.32 Å². The van der Waals surface area contributed by atoms with Crippen LogP contribution in [-0.2, 0) is 0 Å². The van der Waals surface area contributed by atoms with Gasteiger partial charge in [0.1, 0.15) is 6.07 Å². The van der Waals surface area contributed by atoms with Crippen LogP contribution in [0, 0.1) is 11.3 Å². The van der Waals surface area contributed by atoms with E-state index in [0.717, 1.165) is 29.5 Å². The van der Waals surface area contributed by atoms with Crippen LogP contribution in [0.2, 0.25) is 0 Å². The van der Waals surface area contributed by atoms with Crippen molar-refractivity contribution in [2.24, 2.45) is 0 Å². The van der Waals surface area contributed by atoms with Crippen molar-refractivity contribution in [3.05, 3.63) is 28.2 Å². The standard InChI is InChI=1S/C12H15BrN2O/c1-2-11(16)5-6-15-10-4-3-9(8-14)12(13)7-10/h3-4,7,11,15-16H,2,5-6H2,1H3. The van der Waals surface area contributed by atoms with Gasteiger partial charge in [0.25, 0.3) is 0 Å². The largest absolute Gasteiger partial charge is 0.393 e. The number of aliphatic hydroxyl groups excluding tert-OH is 1. The van der Waals surface area contributed by atoms with Crippen LogP contribution >= 0.6 is 15.9 Å². The number of nitrogens with zero attached hydrogens (tertiary/aromatic N) is 1. The van der Waals surface area contributed by atoms with Crippen molar-refractivity contribution in [1.29, 1.82) is 5.26 Å². The van der Waals surface area contributed by atoms with Crippen LogP contribution in [0.4, 0.5) is 5.69 Å². The van der Waals surface area contributed by atoms with Crippen molar-refractivity contribution < 1.29 is 5.11 Å². The first-order chi connectivity index (χ1) is 7.67. The predicted octanol–water partition coefficient (Wildman–Crippen LogP) is 2.89. The molecule has 0 saturated heterocycles. The van der Waals surface area contributed by atoms with Gasteiger partial charge in [-0.1, -0.05) is 6.92 Å². The minimum absolute atomic E-state index is 0.241. The lowest BCUT2D eigenvalue weighted by Gasteiger charge is -2.10. The summed E-state index contributed by atoms with van der Waals surface area (Å²) in [5, 5.41) is 21.3. The Balaban J connectivity index is 2.50. The summed E-state index contributed by atoms with van der Waals surface area (Å²) in [6, 6.07) is 7.59. The first-order valence-electron chi connectivity index (χ1n) is 5.29. The molecule has 0 radical (unpaired) electrons. The number of rotatable bonds is 5. The fraction of sp³-hybridized carbons (Fsp3) is 0.417. The van der Waals surface area contributed by atoms with Crippen LogP contribution in [0.15, 0.2) is 22.7 Å². The highest BCUT2D eigenvalue weighted by molar-refractivity contribution is 9.10. The van der Waals surface area contributed by atoms with E-state index in [1.54, 1.807) is 6.07 Å². The highest BCUT2D eigenvalue weighted by Crippen LogP contribution is 2.20. The zero-order valence-corrected chi connectivity index (χ0v) is 10.8. The molecular weight excluding hydrogens is 268 g/mol. The maximum Gasteiger partial charge on any atom is 0.100 e. The van der Waals surface area contributed by atoms with Crippen LogP contribution in [0.3, 0.4) is 0 Å². The Kier molecular flexibility index (Phi) is 5.30. The molecule has 1 rings (SSSR count). The van der Waals surface area contributed by atoms with E-state index in [4.69, 9.17) is 5.26 Å². The summed E-state index contributed by atoms with van der Waals surface area (Å²) < 4.78 is 0.788. The van der Waals surface area contributed by atoms with E-state index in [-0.39, 0.29) is 6.10 Å². The predicted molar refractivity (Wildman–Crippen MR) is 68.3 cm³/mol. The monoisotopic (exact) mass is 282 g/mol. The molecule has 4 heteroatoms. The third-order valence-electron chi connectivity index (χ3n) is 2.37. The Hall–Kier alpha value is -1.05. The van der Waals surface area contributed by atoms with Gasteiger partial charge in [-0.15, -0.1) is 0 Å².